The van der Waals surface area contributed by atoms with Gasteiger partial charge in [-0.1, -0.05) is 17.7 Å². The van der Waals surface area contributed by atoms with Crippen LogP contribution in [0.5, 0.6) is 11.5 Å². The van der Waals surface area contributed by atoms with Crippen molar-refractivity contribution < 1.29 is 23.1 Å². The largest absolute Gasteiger partial charge is 0.489 e. The van der Waals surface area contributed by atoms with E-state index in [1.165, 1.54) is 24.5 Å². The van der Waals surface area contributed by atoms with Crippen LogP contribution < -0.4 is 9.47 Å². The van der Waals surface area contributed by atoms with Crippen LogP contribution in [0.25, 0.3) is 6.08 Å². The summed E-state index contributed by atoms with van der Waals surface area (Å²) < 4.78 is 30.2. The first kappa shape index (κ1) is 16.4. The van der Waals surface area contributed by atoms with Crippen LogP contribution in [0.15, 0.2) is 65.0 Å². The predicted molar refractivity (Wildman–Crippen MR) is 93.8 cm³/mol. The Balaban J connectivity index is 1.54. The molecule has 0 saturated carbocycles. The van der Waals surface area contributed by atoms with E-state index in [1.54, 1.807) is 36.4 Å². The Morgan fingerprint density at radius 2 is 2.04 bits per heavy atom. The van der Waals surface area contributed by atoms with Crippen molar-refractivity contribution in [1.82, 2.24) is 0 Å². The van der Waals surface area contributed by atoms with Crippen molar-refractivity contribution in [3.05, 3.63) is 88.3 Å². The molecule has 6 heteroatoms. The monoisotopic (exact) mass is 370 g/mol. The van der Waals surface area contributed by atoms with E-state index in [-0.39, 0.29) is 23.7 Å². The molecule has 1 aromatic heterocycles. The third-order valence-corrected chi connectivity index (χ3v) is 4.26. The van der Waals surface area contributed by atoms with Crippen LogP contribution in [0.4, 0.5) is 4.39 Å². The van der Waals surface area contributed by atoms with Crippen LogP contribution in [0.3, 0.4) is 0 Å². The zero-order valence-corrected chi connectivity index (χ0v) is 14.1. The number of halogens is 2. The average molecular weight is 371 g/mol. The van der Waals surface area contributed by atoms with Crippen molar-refractivity contribution in [2.75, 3.05) is 0 Å². The molecule has 2 heterocycles. The molecule has 3 aromatic rings. The summed E-state index contributed by atoms with van der Waals surface area (Å²) in [5.74, 6) is 0.838. The second kappa shape index (κ2) is 6.69. The molecule has 0 spiro atoms. The lowest BCUT2D eigenvalue weighted by atomic mass is 10.1. The summed E-state index contributed by atoms with van der Waals surface area (Å²) in [6.45, 7) is -0.0344. The molecule has 0 aliphatic carbocycles. The van der Waals surface area contributed by atoms with Gasteiger partial charge in [0.1, 0.15) is 29.7 Å². The Bertz CT molecular complexity index is 988. The molecule has 1 aliphatic heterocycles. The SMILES string of the molecule is O=C1/C(=C\c2ccco2)Oc2cc(OCc3c(F)cccc3Cl)ccc21. The Morgan fingerprint density at radius 3 is 2.81 bits per heavy atom. The topological polar surface area (TPSA) is 48.7 Å². The number of carbonyl (C=O) groups excluding carboxylic acids is 1. The van der Waals surface area contributed by atoms with Gasteiger partial charge in [-0.15, -0.1) is 0 Å². The van der Waals surface area contributed by atoms with Crippen LogP contribution in [-0.4, -0.2) is 5.78 Å². The first-order valence-electron chi connectivity index (χ1n) is 7.79. The third kappa shape index (κ3) is 3.09. The van der Waals surface area contributed by atoms with Gasteiger partial charge in [-0.3, -0.25) is 4.79 Å². The van der Waals surface area contributed by atoms with Crippen molar-refractivity contribution in [3.63, 3.8) is 0 Å². The molecule has 1 aliphatic rings. The van der Waals surface area contributed by atoms with E-state index in [4.69, 9.17) is 25.5 Å². The number of furan rings is 1. The van der Waals surface area contributed by atoms with E-state index in [1.807, 2.05) is 0 Å². The lowest BCUT2D eigenvalue weighted by Gasteiger charge is -2.09. The molecule has 0 fully saturated rings. The van der Waals surface area contributed by atoms with E-state index in [9.17, 15) is 9.18 Å². The van der Waals surface area contributed by atoms with Gasteiger partial charge in [0.25, 0.3) is 0 Å². The highest BCUT2D eigenvalue weighted by Crippen LogP contribution is 2.35. The normalized spacial score (nSPS) is 14.4. The van der Waals surface area contributed by atoms with Crippen molar-refractivity contribution in [1.29, 1.82) is 0 Å². The second-order valence-corrected chi connectivity index (χ2v) is 6.01. The van der Waals surface area contributed by atoms with E-state index in [2.05, 4.69) is 0 Å². The summed E-state index contributed by atoms with van der Waals surface area (Å²) in [5, 5.41) is 0.293. The molecule has 0 radical (unpaired) electrons. The summed E-state index contributed by atoms with van der Waals surface area (Å²) >= 11 is 5.99. The molecule has 0 bridgehead atoms. The third-order valence-electron chi connectivity index (χ3n) is 3.90. The van der Waals surface area contributed by atoms with Gasteiger partial charge >= 0.3 is 0 Å². The summed E-state index contributed by atoms with van der Waals surface area (Å²) in [6, 6.07) is 12.7. The number of hydrogen-bond donors (Lipinski definition) is 0. The van der Waals surface area contributed by atoms with Gasteiger partial charge in [0.2, 0.25) is 5.78 Å². The molecule has 0 amide bonds. The lowest BCUT2D eigenvalue weighted by molar-refractivity contribution is 0.101. The average Bonchev–Trinajstić information content (AvgIpc) is 3.23. The molecule has 4 nitrogen and oxygen atoms in total. The second-order valence-electron chi connectivity index (χ2n) is 5.60. The number of carbonyl (C=O) groups is 1. The first-order valence-corrected chi connectivity index (χ1v) is 8.17. The Labute approximate surface area is 153 Å². The standard InChI is InChI=1S/C20H12ClFO4/c21-16-4-1-5-17(22)15(16)11-25-13-6-7-14-18(9-13)26-19(20(14)23)10-12-3-2-8-24-12/h1-10H,11H2/b19-10+. The zero-order chi connectivity index (χ0) is 18.1. The quantitative estimate of drug-likeness (QED) is 0.587. The number of hydrogen-bond acceptors (Lipinski definition) is 4. The van der Waals surface area contributed by atoms with Crippen molar-refractivity contribution in [2.45, 2.75) is 6.61 Å². The molecular formula is C20H12ClFO4. The van der Waals surface area contributed by atoms with Gasteiger partial charge in [0.15, 0.2) is 5.76 Å². The highest BCUT2D eigenvalue weighted by Gasteiger charge is 2.28. The highest BCUT2D eigenvalue weighted by atomic mass is 35.5. The van der Waals surface area contributed by atoms with Crippen LogP contribution in [0.1, 0.15) is 21.7 Å². The van der Waals surface area contributed by atoms with E-state index < -0.39 is 5.82 Å². The van der Waals surface area contributed by atoms with E-state index >= 15 is 0 Å². The zero-order valence-electron chi connectivity index (χ0n) is 13.4. The van der Waals surface area contributed by atoms with Crippen molar-refractivity contribution in [3.8, 4) is 11.5 Å². The Kier molecular flexibility index (Phi) is 4.22. The first-order chi connectivity index (χ1) is 12.6. The fraction of sp³-hybridized carbons (Fsp3) is 0.0500. The van der Waals surface area contributed by atoms with Crippen molar-refractivity contribution >= 4 is 23.5 Å². The number of rotatable bonds is 4. The number of allylic oxidation sites excluding steroid dienone is 1. The summed E-state index contributed by atoms with van der Waals surface area (Å²) in [6.07, 6.45) is 3.04. The molecule has 2 aromatic carbocycles. The summed E-state index contributed by atoms with van der Waals surface area (Å²) in [5.41, 5.74) is 0.698. The molecule has 4 rings (SSSR count). The van der Waals surface area contributed by atoms with Gasteiger partial charge < -0.3 is 13.9 Å². The van der Waals surface area contributed by atoms with E-state index in [0.29, 0.717) is 27.8 Å². The van der Waals surface area contributed by atoms with Gasteiger partial charge in [-0.25, -0.2) is 4.39 Å². The van der Waals surface area contributed by atoms with Gasteiger partial charge in [-0.2, -0.15) is 0 Å². The lowest BCUT2D eigenvalue weighted by Crippen LogP contribution is -1.99. The Morgan fingerprint density at radius 1 is 1.15 bits per heavy atom. The summed E-state index contributed by atoms with van der Waals surface area (Å²) in [4.78, 5) is 12.4. The molecule has 0 N–H and O–H groups in total. The molecule has 130 valence electrons. The smallest absolute Gasteiger partial charge is 0.232 e. The predicted octanol–water partition coefficient (Wildman–Crippen LogP) is 5.27. The molecule has 26 heavy (non-hydrogen) atoms. The van der Waals surface area contributed by atoms with Gasteiger partial charge in [-0.05, 0) is 36.4 Å². The van der Waals surface area contributed by atoms with Crippen molar-refractivity contribution in [2.24, 2.45) is 0 Å². The van der Waals surface area contributed by atoms with Gasteiger partial charge in [0.05, 0.1) is 16.8 Å². The van der Waals surface area contributed by atoms with Crippen LogP contribution in [0, 0.1) is 5.82 Å². The summed E-state index contributed by atoms with van der Waals surface area (Å²) in [7, 11) is 0. The fourth-order valence-corrected chi connectivity index (χ4v) is 2.80. The number of ketones is 1. The van der Waals surface area contributed by atoms with Crippen LogP contribution in [0.2, 0.25) is 5.02 Å². The number of benzene rings is 2. The molecule has 0 saturated heterocycles. The number of ether oxygens (including phenoxy) is 2. The number of fused-ring (bicyclic) bond motifs is 1. The molecular weight excluding hydrogens is 359 g/mol. The minimum Gasteiger partial charge on any atom is -0.489 e. The minimum atomic E-state index is -0.436. The molecule has 0 unspecified atom stereocenters. The van der Waals surface area contributed by atoms with E-state index in [0.717, 1.165) is 0 Å². The molecule has 0 atom stereocenters. The van der Waals surface area contributed by atoms with Crippen LogP contribution >= 0.6 is 11.6 Å². The maximum absolute atomic E-state index is 13.8. The fourth-order valence-electron chi connectivity index (χ4n) is 2.59. The van der Waals surface area contributed by atoms with Gasteiger partial charge in [0, 0.05) is 17.7 Å². The number of Topliss-reactive ketones (excluding diaryl/α,β-unsaturated/α-hetero) is 1. The highest BCUT2D eigenvalue weighted by molar-refractivity contribution is 6.31. The maximum Gasteiger partial charge on any atom is 0.232 e. The van der Waals surface area contributed by atoms with Crippen LogP contribution in [-0.2, 0) is 6.61 Å². The minimum absolute atomic E-state index is 0.0344. The maximum atomic E-state index is 13.8. The Hall–Kier alpha value is -3.05.